The molecule has 0 spiro atoms. The van der Waals surface area contributed by atoms with Crippen LogP contribution in [0.1, 0.15) is 49.8 Å². The molecule has 112 valence electrons. The second-order valence-corrected chi connectivity index (χ2v) is 6.21. The Balaban J connectivity index is 1.97. The summed E-state index contributed by atoms with van der Waals surface area (Å²) >= 11 is 0. The molecule has 1 aliphatic carbocycles. The molecule has 3 rings (SSSR count). The van der Waals surface area contributed by atoms with Gasteiger partial charge in [-0.1, -0.05) is 43.7 Å². The minimum Gasteiger partial charge on any atom is -0.309 e. The van der Waals surface area contributed by atoms with Crippen LogP contribution in [0.3, 0.4) is 0 Å². The fraction of sp³-hybridized carbons (Fsp3) is 0.500. The molecule has 1 unspecified atom stereocenters. The van der Waals surface area contributed by atoms with Crippen molar-refractivity contribution in [2.75, 3.05) is 6.54 Å². The Morgan fingerprint density at radius 2 is 2.05 bits per heavy atom. The molecule has 1 saturated carbocycles. The first-order valence-electron chi connectivity index (χ1n) is 8.04. The van der Waals surface area contributed by atoms with Crippen LogP contribution in [0.25, 0.3) is 0 Å². The van der Waals surface area contributed by atoms with E-state index >= 15 is 0 Å². The van der Waals surface area contributed by atoms with Crippen molar-refractivity contribution >= 4 is 0 Å². The van der Waals surface area contributed by atoms with Crippen molar-refractivity contribution in [2.45, 2.75) is 44.1 Å². The van der Waals surface area contributed by atoms with Gasteiger partial charge in [-0.25, -0.2) is 0 Å². The first-order chi connectivity index (χ1) is 10.3. The zero-order valence-corrected chi connectivity index (χ0v) is 13.0. The molecular weight excluding hydrogens is 258 g/mol. The third-order valence-electron chi connectivity index (χ3n) is 4.80. The quantitative estimate of drug-likeness (QED) is 0.878. The van der Waals surface area contributed by atoms with E-state index in [9.17, 15) is 0 Å². The summed E-state index contributed by atoms with van der Waals surface area (Å²) in [6.07, 6.45) is 9.17. The fourth-order valence-electron chi connectivity index (χ4n) is 3.58. The van der Waals surface area contributed by atoms with Crippen LogP contribution >= 0.6 is 0 Å². The summed E-state index contributed by atoms with van der Waals surface area (Å²) < 4.78 is 1.91. The van der Waals surface area contributed by atoms with Crippen LogP contribution in [-0.2, 0) is 12.5 Å². The second kappa shape index (κ2) is 6.02. The maximum atomic E-state index is 4.39. The van der Waals surface area contributed by atoms with Gasteiger partial charge < -0.3 is 5.32 Å². The highest BCUT2D eigenvalue weighted by atomic mass is 15.2. The van der Waals surface area contributed by atoms with Crippen LogP contribution in [0, 0.1) is 0 Å². The Labute approximate surface area is 127 Å². The van der Waals surface area contributed by atoms with E-state index in [0.717, 1.165) is 13.0 Å². The maximum absolute atomic E-state index is 4.39. The lowest BCUT2D eigenvalue weighted by molar-refractivity contribution is 0.169. The van der Waals surface area contributed by atoms with Crippen molar-refractivity contribution in [3.63, 3.8) is 0 Å². The lowest BCUT2D eigenvalue weighted by Crippen LogP contribution is -2.46. The van der Waals surface area contributed by atoms with Crippen LogP contribution in [0.2, 0.25) is 0 Å². The average Bonchev–Trinajstić information content (AvgIpc) is 2.89. The Morgan fingerprint density at radius 3 is 2.57 bits per heavy atom. The topological polar surface area (TPSA) is 29.9 Å². The fourth-order valence-corrected chi connectivity index (χ4v) is 3.58. The maximum Gasteiger partial charge on any atom is 0.0537 e. The lowest BCUT2D eigenvalue weighted by atomic mass is 9.59. The van der Waals surface area contributed by atoms with Gasteiger partial charge in [0.25, 0.3) is 0 Å². The van der Waals surface area contributed by atoms with Gasteiger partial charge in [-0.2, -0.15) is 5.10 Å². The molecule has 0 amide bonds. The molecule has 1 atom stereocenters. The highest BCUT2D eigenvalue weighted by Crippen LogP contribution is 2.52. The zero-order valence-electron chi connectivity index (χ0n) is 13.0. The number of aromatic nitrogens is 2. The SMILES string of the molecule is CCCNC(c1cnn(C)c1)C1(c2ccccc2)CCC1. The predicted molar refractivity (Wildman–Crippen MR) is 86.2 cm³/mol. The standard InChI is InChI=1S/C18H25N3/c1-3-12-19-17(15-13-20-21(2)14-15)18(10-7-11-18)16-8-5-4-6-9-16/h4-6,8-9,13-14,17,19H,3,7,10-12H2,1-2H3. The number of hydrogen-bond donors (Lipinski definition) is 1. The van der Waals surface area contributed by atoms with Gasteiger partial charge in [0.15, 0.2) is 0 Å². The molecule has 0 radical (unpaired) electrons. The Morgan fingerprint density at radius 1 is 1.29 bits per heavy atom. The molecule has 1 fully saturated rings. The molecule has 21 heavy (non-hydrogen) atoms. The van der Waals surface area contributed by atoms with Crippen molar-refractivity contribution < 1.29 is 0 Å². The van der Waals surface area contributed by atoms with E-state index in [-0.39, 0.29) is 5.41 Å². The first-order valence-corrected chi connectivity index (χ1v) is 8.04. The average molecular weight is 283 g/mol. The first kappa shape index (κ1) is 14.3. The number of benzene rings is 1. The normalized spacial score (nSPS) is 18.2. The molecule has 3 heteroatoms. The summed E-state index contributed by atoms with van der Waals surface area (Å²) in [5.41, 5.74) is 3.02. The predicted octanol–water partition coefficient (Wildman–Crippen LogP) is 3.58. The van der Waals surface area contributed by atoms with Crippen LogP contribution < -0.4 is 5.32 Å². The zero-order chi connectivity index (χ0) is 14.7. The molecule has 0 bridgehead atoms. The van der Waals surface area contributed by atoms with Gasteiger partial charge in [0.1, 0.15) is 0 Å². The van der Waals surface area contributed by atoms with Gasteiger partial charge in [0.2, 0.25) is 0 Å². The minimum absolute atomic E-state index is 0.236. The molecular formula is C18H25N3. The van der Waals surface area contributed by atoms with E-state index in [4.69, 9.17) is 0 Å². The largest absolute Gasteiger partial charge is 0.309 e. The van der Waals surface area contributed by atoms with Crippen LogP contribution in [0.15, 0.2) is 42.7 Å². The highest BCUT2D eigenvalue weighted by molar-refractivity contribution is 5.34. The molecule has 3 nitrogen and oxygen atoms in total. The lowest BCUT2D eigenvalue weighted by Gasteiger charge is -2.48. The van der Waals surface area contributed by atoms with Crippen molar-refractivity contribution in [3.05, 3.63) is 53.9 Å². The smallest absolute Gasteiger partial charge is 0.0537 e. The Kier molecular flexibility index (Phi) is 4.11. The summed E-state index contributed by atoms with van der Waals surface area (Å²) in [6.45, 7) is 3.28. The van der Waals surface area contributed by atoms with E-state index in [1.54, 1.807) is 0 Å². The number of nitrogens with one attached hydrogen (secondary N) is 1. The molecule has 1 aliphatic rings. The summed E-state index contributed by atoms with van der Waals surface area (Å²) in [5, 5.41) is 8.17. The van der Waals surface area contributed by atoms with Gasteiger partial charge in [0, 0.05) is 30.3 Å². The highest BCUT2D eigenvalue weighted by Gasteiger charge is 2.46. The van der Waals surface area contributed by atoms with Gasteiger partial charge in [-0.05, 0) is 31.4 Å². The monoisotopic (exact) mass is 283 g/mol. The third kappa shape index (κ3) is 2.62. The van der Waals surface area contributed by atoms with Crippen molar-refractivity contribution in [2.24, 2.45) is 7.05 Å². The van der Waals surface area contributed by atoms with E-state index in [1.807, 2.05) is 17.9 Å². The number of rotatable bonds is 6. The molecule has 1 aromatic heterocycles. The third-order valence-corrected chi connectivity index (χ3v) is 4.80. The molecule has 1 N–H and O–H groups in total. The molecule has 0 aliphatic heterocycles. The van der Waals surface area contributed by atoms with Crippen LogP contribution in [0.5, 0.6) is 0 Å². The van der Waals surface area contributed by atoms with E-state index in [1.165, 1.54) is 30.4 Å². The van der Waals surface area contributed by atoms with Gasteiger partial charge in [-0.15, -0.1) is 0 Å². The van der Waals surface area contributed by atoms with Crippen LogP contribution in [-0.4, -0.2) is 16.3 Å². The number of hydrogen-bond acceptors (Lipinski definition) is 2. The molecule has 2 aromatic rings. The molecule has 0 saturated heterocycles. The van der Waals surface area contributed by atoms with E-state index in [0.29, 0.717) is 6.04 Å². The van der Waals surface area contributed by atoms with E-state index in [2.05, 4.69) is 53.9 Å². The Bertz CT molecular complexity index is 569. The van der Waals surface area contributed by atoms with Gasteiger partial charge in [-0.3, -0.25) is 4.68 Å². The van der Waals surface area contributed by atoms with E-state index < -0.39 is 0 Å². The van der Waals surface area contributed by atoms with Crippen molar-refractivity contribution in [1.82, 2.24) is 15.1 Å². The number of nitrogens with zero attached hydrogens (tertiary/aromatic N) is 2. The summed E-state index contributed by atoms with van der Waals surface area (Å²) in [7, 11) is 2.00. The van der Waals surface area contributed by atoms with Crippen molar-refractivity contribution in [1.29, 1.82) is 0 Å². The van der Waals surface area contributed by atoms with Gasteiger partial charge >= 0.3 is 0 Å². The second-order valence-electron chi connectivity index (χ2n) is 6.21. The minimum atomic E-state index is 0.236. The number of aryl methyl sites for hydroxylation is 1. The van der Waals surface area contributed by atoms with Gasteiger partial charge in [0.05, 0.1) is 6.20 Å². The van der Waals surface area contributed by atoms with Crippen molar-refractivity contribution in [3.8, 4) is 0 Å². The summed E-state index contributed by atoms with van der Waals surface area (Å²) in [6, 6.07) is 11.4. The Hall–Kier alpha value is -1.61. The molecule has 1 aromatic carbocycles. The summed E-state index contributed by atoms with van der Waals surface area (Å²) in [5.74, 6) is 0. The van der Waals surface area contributed by atoms with Crippen LogP contribution in [0.4, 0.5) is 0 Å². The molecule has 1 heterocycles. The summed E-state index contributed by atoms with van der Waals surface area (Å²) in [4.78, 5) is 0.